The molecule has 2 rings (SSSR count). The standard InChI is InChI=1S/C22H27ClN2O4/c1-14(2)19(24-21(26)16-10-6-7-11-17(16)23)22(27)25(3)13-15-9-8-12-18(28-4)20(15)29-5/h6-12,14,19H,13H2,1-5H3,(H,24,26)/t19-/m0/s1. The molecule has 0 aliphatic rings. The number of amides is 2. The summed E-state index contributed by atoms with van der Waals surface area (Å²) in [5, 5.41) is 3.16. The van der Waals surface area contributed by atoms with Crippen molar-refractivity contribution in [2.75, 3.05) is 21.3 Å². The molecule has 0 aliphatic carbocycles. The third kappa shape index (κ3) is 5.41. The molecule has 2 aromatic rings. The summed E-state index contributed by atoms with van der Waals surface area (Å²) < 4.78 is 10.8. The Bertz CT molecular complexity index is 870. The Kier molecular flexibility index (Phi) is 7.91. The minimum Gasteiger partial charge on any atom is -0.493 e. The summed E-state index contributed by atoms with van der Waals surface area (Å²) in [6.45, 7) is 4.08. The summed E-state index contributed by atoms with van der Waals surface area (Å²) in [7, 11) is 4.82. The van der Waals surface area contributed by atoms with Gasteiger partial charge in [0.2, 0.25) is 5.91 Å². The predicted molar refractivity (Wildman–Crippen MR) is 114 cm³/mol. The van der Waals surface area contributed by atoms with Gasteiger partial charge in [-0.1, -0.05) is 49.7 Å². The second-order valence-electron chi connectivity index (χ2n) is 7.02. The second-order valence-corrected chi connectivity index (χ2v) is 7.43. The number of nitrogens with one attached hydrogen (secondary N) is 1. The van der Waals surface area contributed by atoms with Gasteiger partial charge in [0.1, 0.15) is 6.04 Å². The third-order valence-corrected chi connectivity index (χ3v) is 4.94. The lowest BCUT2D eigenvalue weighted by atomic mass is 10.0. The highest BCUT2D eigenvalue weighted by atomic mass is 35.5. The lowest BCUT2D eigenvalue weighted by Crippen LogP contribution is -2.50. The van der Waals surface area contributed by atoms with E-state index >= 15 is 0 Å². The maximum atomic E-state index is 13.1. The number of para-hydroxylation sites is 1. The molecule has 0 aliphatic heterocycles. The van der Waals surface area contributed by atoms with E-state index in [1.165, 1.54) is 0 Å². The second kappa shape index (κ2) is 10.2. The quantitative estimate of drug-likeness (QED) is 0.708. The van der Waals surface area contributed by atoms with Crippen LogP contribution in [0.15, 0.2) is 42.5 Å². The molecule has 6 nitrogen and oxygen atoms in total. The highest BCUT2D eigenvalue weighted by molar-refractivity contribution is 6.33. The molecule has 1 atom stereocenters. The molecule has 0 fully saturated rings. The number of benzene rings is 2. The largest absolute Gasteiger partial charge is 0.493 e. The van der Waals surface area contributed by atoms with E-state index in [4.69, 9.17) is 21.1 Å². The zero-order valence-electron chi connectivity index (χ0n) is 17.4. The van der Waals surface area contributed by atoms with E-state index in [0.29, 0.717) is 28.6 Å². The lowest BCUT2D eigenvalue weighted by molar-refractivity contribution is -0.133. The van der Waals surface area contributed by atoms with Crippen LogP contribution in [0.4, 0.5) is 0 Å². The van der Waals surface area contributed by atoms with Crippen LogP contribution in [-0.4, -0.2) is 44.0 Å². The average molecular weight is 419 g/mol. The van der Waals surface area contributed by atoms with Crippen molar-refractivity contribution in [1.82, 2.24) is 10.2 Å². The minimum atomic E-state index is -0.694. The van der Waals surface area contributed by atoms with E-state index < -0.39 is 6.04 Å². The van der Waals surface area contributed by atoms with E-state index in [1.807, 2.05) is 26.0 Å². The molecule has 2 aromatic carbocycles. The van der Waals surface area contributed by atoms with Crippen LogP contribution in [0, 0.1) is 5.92 Å². The first-order valence-corrected chi connectivity index (χ1v) is 9.68. The van der Waals surface area contributed by atoms with Crippen molar-refractivity contribution in [2.24, 2.45) is 5.92 Å². The smallest absolute Gasteiger partial charge is 0.253 e. The van der Waals surface area contributed by atoms with Gasteiger partial charge >= 0.3 is 0 Å². The summed E-state index contributed by atoms with van der Waals surface area (Å²) in [6.07, 6.45) is 0. The van der Waals surface area contributed by atoms with Gasteiger partial charge in [0.15, 0.2) is 11.5 Å². The van der Waals surface area contributed by atoms with Gasteiger partial charge < -0.3 is 19.7 Å². The predicted octanol–water partition coefficient (Wildman–Crippen LogP) is 3.77. The maximum absolute atomic E-state index is 13.1. The fourth-order valence-electron chi connectivity index (χ4n) is 3.03. The van der Waals surface area contributed by atoms with Crippen molar-refractivity contribution in [3.05, 3.63) is 58.6 Å². The van der Waals surface area contributed by atoms with Gasteiger partial charge in [-0.05, 0) is 24.1 Å². The summed E-state index contributed by atoms with van der Waals surface area (Å²) in [6, 6.07) is 11.6. The molecule has 0 spiro atoms. The van der Waals surface area contributed by atoms with Crippen LogP contribution in [0.5, 0.6) is 11.5 Å². The monoisotopic (exact) mass is 418 g/mol. The fraction of sp³-hybridized carbons (Fsp3) is 0.364. The van der Waals surface area contributed by atoms with Gasteiger partial charge in [0.05, 0.1) is 24.8 Å². The molecule has 0 saturated carbocycles. The van der Waals surface area contributed by atoms with E-state index in [-0.39, 0.29) is 17.7 Å². The Morgan fingerprint density at radius 3 is 2.34 bits per heavy atom. The molecule has 156 valence electrons. The van der Waals surface area contributed by atoms with Crippen LogP contribution in [-0.2, 0) is 11.3 Å². The van der Waals surface area contributed by atoms with E-state index in [9.17, 15) is 9.59 Å². The molecular formula is C22H27ClN2O4. The highest BCUT2D eigenvalue weighted by Gasteiger charge is 2.28. The Labute approximate surface area is 176 Å². The molecule has 7 heteroatoms. The molecule has 29 heavy (non-hydrogen) atoms. The highest BCUT2D eigenvalue weighted by Crippen LogP contribution is 2.31. The maximum Gasteiger partial charge on any atom is 0.253 e. The van der Waals surface area contributed by atoms with Gasteiger partial charge in [-0.15, -0.1) is 0 Å². The molecule has 0 bridgehead atoms. The number of rotatable bonds is 8. The number of methoxy groups -OCH3 is 2. The van der Waals surface area contributed by atoms with Crippen molar-refractivity contribution in [2.45, 2.75) is 26.4 Å². The van der Waals surface area contributed by atoms with Gasteiger partial charge in [-0.25, -0.2) is 0 Å². The number of carbonyl (C=O) groups is 2. The Morgan fingerprint density at radius 2 is 1.76 bits per heavy atom. The van der Waals surface area contributed by atoms with Crippen LogP contribution >= 0.6 is 11.6 Å². The van der Waals surface area contributed by atoms with Gasteiger partial charge in [-0.3, -0.25) is 9.59 Å². The Balaban J connectivity index is 2.19. The summed E-state index contributed by atoms with van der Waals surface area (Å²) in [4.78, 5) is 27.3. The first-order valence-electron chi connectivity index (χ1n) is 9.30. The lowest BCUT2D eigenvalue weighted by Gasteiger charge is -2.28. The number of hydrogen-bond acceptors (Lipinski definition) is 4. The molecule has 0 unspecified atom stereocenters. The fourth-order valence-corrected chi connectivity index (χ4v) is 3.25. The van der Waals surface area contributed by atoms with Crippen molar-refractivity contribution in [1.29, 1.82) is 0 Å². The van der Waals surface area contributed by atoms with Crippen molar-refractivity contribution in [3.63, 3.8) is 0 Å². The number of nitrogens with zero attached hydrogens (tertiary/aromatic N) is 1. The van der Waals surface area contributed by atoms with Crippen molar-refractivity contribution in [3.8, 4) is 11.5 Å². The Morgan fingerprint density at radius 1 is 1.07 bits per heavy atom. The first kappa shape index (κ1) is 22.6. The molecule has 0 radical (unpaired) electrons. The van der Waals surface area contributed by atoms with Crippen LogP contribution in [0.1, 0.15) is 29.8 Å². The minimum absolute atomic E-state index is 0.108. The molecule has 0 saturated heterocycles. The van der Waals surface area contributed by atoms with Crippen molar-refractivity contribution < 1.29 is 19.1 Å². The molecule has 0 aromatic heterocycles. The zero-order chi connectivity index (χ0) is 21.6. The number of likely N-dealkylation sites (N-methyl/N-ethyl adjacent to an activating group) is 1. The van der Waals surface area contributed by atoms with Gasteiger partial charge in [-0.2, -0.15) is 0 Å². The summed E-state index contributed by atoms with van der Waals surface area (Å²) in [5.41, 5.74) is 1.15. The topological polar surface area (TPSA) is 67.9 Å². The van der Waals surface area contributed by atoms with E-state index in [0.717, 1.165) is 5.56 Å². The Hall–Kier alpha value is -2.73. The third-order valence-electron chi connectivity index (χ3n) is 4.61. The zero-order valence-corrected chi connectivity index (χ0v) is 18.1. The van der Waals surface area contributed by atoms with Crippen LogP contribution in [0.25, 0.3) is 0 Å². The van der Waals surface area contributed by atoms with Gasteiger partial charge in [0, 0.05) is 19.2 Å². The number of hydrogen-bond donors (Lipinski definition) is 1. The van der Waals surface area contributed by atoms with Crippen LogP contribution in [0.3, 0.4) is 0 Å². The summed E-state index contributed by atoms with van der Waals surface area (Å²) in [5.74, 6) is 0.484. The van der Waals surface area contributed by atoms with E-state index in [2.05, 4.69) is 5.32 Å². The molecule has 0 heterocycles. The van der Waals surface area contributed by atoms with Gasteiger partial charge in [0.25, 0.3) is 5.91 Å². The molecule has 2 amide bonds. The SMILES string of the molecule is COc1cccc(CN(C)C(=O)[C@@H](NC(=O)c2ccccc2Cl)C(C)C)c1OC. The number of ether oxygens (including phenoxy) is 2. The normalized spacial score (nSPS) is 11.7. The molecule has 1 N–H and O–H groups in total. The van der Waals surface area contributed by atoms with Crippen molar-refractivity contribution >= 4 is 23.4 Å². The average Bonchev–Trinajstić information content (AvgIpc) is 2.71. The van der Waals surface area contributed by atoms with Crippen LogP contribution in [0.2, 0.25) is 5.02 Å². The van der Waals surface area contributed by atoms with E-state index in [1.54, 1.807) is 56.5 Å². The number of carbonyl (C=O) groups excluding carboxylic acids is 2. The molecular weight excluding hydrogens is 392 g/mol. The van der Waals surface area contributed by atoms with Crippen LogP contribution < -0.4 is 14.8 Å². The first-order chi connectivity index (χ1) is 13.8. The number of halogens is 1. The summed E-state index contributed by atoms with van der Waals surface area (Å²) >= 11 is 6.11.